The lowest BCUT2D eigenvalue weighted by Gasteiger charge is -2.12. The molecule has 0 bridgehead atoms. The van der Waals surface area contributed by atoms with Gasteiger partial charge in [-0.3, -0.25) is 9.59 Å². The van der Waals surface area contributed by atoms with Crippen molar-refractivity contribution < 1.29 is 14.3 Å². The van der Waals surface area contributed by atoms with E-state index in [1.165, 1.54) is 25.4 Å². The van der Waals surface area contributed by atoms with Gasteiger partial charge in [0.05, 0.1) is 18.5 Å². The van der Waals surface area contributed by atoms with Crippen molar-refractivity contribution in [2.75, 3.05) is 17.7 Å². The van der Waals surface area contributed by atoms with Gasteiger partial charge < -0.3 is 15.4 Å². The van der Waals surface area contributed by atoms with Crippen molar-refractivity contribution in [2.45, 2.75) is 13.8 Å². The molecule has 144 valence electrons. The molecule has 0 aliphatic carbocycles. The van der Waals surface area contributed by atoms with E-state index in [9.17, 15) is 9.59 Å². The van der Waals surface area contributed by atoms with Crippen LogP contribution in [-0.2, 0) is 4.79 Å². The largest absolute Gasteiger partial charge is 0.495 e. The van der Waals surface area contributed by atoms with Crippen molar-refractivity contribution in [1.29, 1.82) is 0 Å². The van der Waals surface area contributed by atoms with Gasteiger partial charge in [-0.15, -0.1) is 11.3 Å². The highest BCUT2D eigenvalue weighted by Crippen LogP contribution is 2.32. The minimum absolute atomic E-state index is 0.202. The molecule has 2 amide bonds. The van der Waals surface area contributed by atoms with Crippen LogP contribution in [0.3, 0.4) is 0 Å². The third kappa shape index (κ3) is 4.49. The topological polar surface area (TPSA) is 80.3 Å². The standard InChI is InChI=1S/C20H18ClN3O3S/c1-11-18(28-20(22-11)13-5-4-6-14(21)9-13)19(26)24-16-10-15(23-12(2)25)7-8-17(16)27-3/h4-10H,1-3H3,(H,23,25)(H,24,26). The zero-order valence-corrected chi connectivity index (χ0v) is 17.1. The molecule has 3 rings (SSSR count). The number of carbonyl (C=O) groups excluding carboxylic acids is 2. The van der Waals surface area contributed by atoms with Gasteiger partial charge in [0.25, 0.3) is 5.91 Å². The second-order valence-electron chi connectivity index (χ2n) is 5.99. The van der Waals surface area contributed by atoms with Gasteiger partial charge in [-0.05, 0) is 37.3 Å². The van der Waals surface area contributed by atoms with Crippen LogP contribution in [0, 0.1) is 6.92 Å². The number of aromatic nitrogens is 1. The molecule has 28 heavy (non-hydrogen) atoms. The first kappa shape index (κ1) is 19.9. The Kier molecular flexibility index (Phi) is 5.96. The molecule has 0 unspecified atom stereocenters. The predicted octanol–water partition coefficient (Wildman–Crippen LogP) is 4.99. The summed E-state index contributed by atoms with van der Waals surface area (Å²) in [4.78, 5) is 29.1. The Bertz CT molecular complexity index is 1050. The van der Waals surface area contributed by atoms with Gasteiger partial charge in [-0.2, -0.15) is 0 Å². The zero-order chi connectivity index (χ0) is 20.3. The van der Waals surface area contributed by atoms with Crippen molar-refractivity contribution >= 4 is 46.1 Å². The summed E-state index contributed by atoms with van der Waals surface area (Å²) in [5.74, 6) is -0.0202. The molecule has 8 heteroatoms. The van der Waals surface area contributed by atoms with Crippen molar-refractivity contribution in [2.24, 2.45) is 0 Å². The number of nitrogens with zero attached hydrogens (tertiary/aromatic N) is 1. The van der Waals surface area contributed by atoms with E-state index in [0.29, 0.717) is 37.7 Å². The lowest BCUT2D eigenvalue weighted by Crippen LogP contribution is -2.13. The summed E-state index contributed by atoms with van der Waals surface area (Å²) in [6, 6.07) is 12.3. The van der Waals surface area contributed by atoms with Gasteiger partial charge in [0.2, 0.25) is 5.91 Å². The lowest BCUT2D eigenvalue weighted by molar-refractivity contribution is -0.114. The maximum Gasteiger partial charge on any atom is 0.267 e. The molecule has 0 aliphatic heterocycles. The summed E-state index contributed by atoms with van der Waals surface area (Å²) in [6.07, 6.45) is 0. The summed E-state index contributed by atoms with van der Waals surface area (Å²) in [5.41, 5.74) is 2.49. The van der Waals surface area contributed by atoms with Gasteiger partial charge in [-0.25, -0.2) is 4.98 Å². The van der Waals surface area contributed by atoms with Crippen LogP contribution in [0.4, 0.5) is 11.4 Å². The summed E-state index contributed by atoms with van der Waals surface area (Å²) in [6.45, 7) is 3.20. The molecule has 1 heterocycles. The van der Waals surface area contributed by atoms with E-state index in [1.54, 1.807) is 37.3 Å². The summed E-state index contributed by atoms with van der Waals surface area (Å²) >= 11 is 7.33. The van der Waals surface area contributed by atoms with Crippen molar-refractivity contribution in [1.82, 2.24) is 4.98 Å². The SMILES string of the molecule is COc1ccc(NC(C)=O)cc1NC(=O)c1sc(-c2cccc(Cl)c2)nc1C. The Labute approximate surface area is 171 Å². The van der Waals surface area contributed by atoms with Crippen molar-refractivity contribution in [3.05, 3.63) is 58.1 Å². The molecular weight excluding hydrogens is 398 g/mol. The van der Waals surface area contributed by atoms with Crippen molar-refractivity contribution in [3.8, 4) is 16.3 Å². The molecular formula is C20H18ClN3O3S. The number of amides is 2. The number of benzene rings is 2. The second kappa shape index (κ2) is 8.41. The van der Waals surface area contributed by atoms with Crippen LogP contribution in [0.2, 0.25) is 5.02 Å². The average molecular weight is 416 g/mol. The Morgan fingerprint density at radius 2 is 1.93 bits per heavy atom. The molecule has 1 aromatic heterocycles. The highest BCUT2D eigenvalue weighted by atomic mass is 35.5. The molecule has 0 spiro atoms. The molecule has 0 atom stereocenters. The Balaban J connectivity index is 1.88. The second-order valence-corrected chi connectivity index (χ2v) is 7.43. The average Bonchev–Trinajstić information content (AvgIpc) is 3.03. The lowest BCUT2D eigenvalue weighted by atomic mass is 10.2. The van der Waals surface area contributed by atoms with Crippen LogP contribution in [0.5, 0.6) is 5.75 Å². The van der Waals surface area contributed by atoms with Gasteiger partial charge >= 0.3 is 0 Å². The number of rotatable bonds is 5. The zero-order valence-electron chi connectivity index (χ0n) is 15.5. The third-order valence-electron chi connectivity index (χ3n) is 3.84. The normalized spacial score (nSPS) is 10.4. The molecule has 6 nitrogen and oxygen atoms in total. The van der Waals surface area contributed by atoms with E-state index in [2.05, 4.69) is 15.6 Å². The fourth-order valence-corrected chi connectivity index (χ4v) is 3.77. The first-order chi connectivity index (χ1) is 13.4. The Hall–Kier alpha value is -2.90. The van der Waals surface area contributed by atoms with Gasteiger partial charge in [-0.1, -0.05) is 23.7 Å². The van der Waals surface area contributed by atoms with Crippen molar-refractivity contribution in [3.63, 3.8) is 0 Å². The van der Waals surface area contributed by atoms with E-state index in [1.807, 2.05) is 12.1 Å². The van der Waals surface area contributed by atoms with Gasteiger partial charge in [0, 0.05) is 23.2 Å². The van der Waals surface area contributed by atoms with Crippen LogP contribution in [0.25, 0.3) is 10.6 Å². The highest BCUT2D eigenvalue weighted by molar-refractivity contribution is 7.17. The summed E-state index contributed by atoms with van der Waals surface area (Å²) < 4.78 is 5.31. The maximum atomic E-state index is 12.8. The Morgan fingerprint density at radius 1 is 1.14 bits per heavy atom. The molecule has 2 N–H and O–H groups in total. The number of nitrogens with one attached hydrogen (secondary N) is 2. The number of halogens is 1. The number of hydrogen-bond acceptors (Lipinski definition) is 5. The highest BCUT2D eigenvalue weighted by Gasteiger charge is 2.18. The fourth-order valence-electron chi connectivity index (χ4n) is 2.62. The predicted molar refractivity (Wildman–Crippen MR) is 113 cm³/mol. The molecule has 3 aromatic rings. The minimum atomic E-state index is -0.304. The van der Waals surface area contributed by atoms with Crippen LogP contribution in [0.1, 0.15) is 22.3 Å². The van der Waals surface area contributed by atoms with E-state index in [4.69, 9.17) is 16.3 Å². The summed E-state index contributed by atoms with van der Waals surface area (Å²) in [5, 5.41) is 6.84. The quantitative estimate of drug-likeness (QED) is 0.615. The minimum Gasteiger partial charge on any atom is -0.495 e. The number of methoxy groups -OCH3 is 1. The van der Waals surface area contributed by atoms with Gasteiger partial charge in [0.1, 0.15) is 15.6 Å². The number of ether oxygens (including phenoxy) is 1. The number of carbonyl (C=O) groups is 2. The molecule has 0 saturated heterocycles. The Morgan fingerprint density at radius 3 is 2.61 bits per heavy atom. The first-order valence-corrected chi connectivity index (χ1v) is 9.57. The van der Waals surface area contributed by atoms with E-state index in [-0.39, 0.29) is 11.8 Å². The van der Waals surface area contributed by atoms with Crippen LogP contribution in [-0.4, -0.2) is 23.9 Å². The van der Waals surface area contributed by atoms with E-state index in [0.717, 1.165) is 5.56 Å². The number of thiazole rings is 1. The first-order valence-electron chi connectivity index (χ1n) is 8.37. The van der Waals surface area contributed by atoms with E-state index >= 15 is 0 Å². The van der Waals surface area contributed by atoms with Crippen LogP contribution >= 0.6 is 22.9 Å². The molecule has 0 radical (unpaired) electrons. The van der Waals surface area contributed by atoms with Crippen LogP contribution in [0.15, 0.2) is 42.5 Å². The maximum absolute atomic E-state index is 12.8. The smallest absolute Gasteiger partial charge is 0.267 e. The summed E-state index contributed by atoms with van der Waals surface area (Å²) in [7, 11) is 1.51. The number of aryl methyl sites for hydroxylation is 1. The van der Waals surface area contributed by atoms with Crippen LogP contribution < -0.4 is 15.4 Å². The monoisotopic (exact) mass is 415 g/mol. The molecule has 0 fully saturated rings. The van der Waals surface area contributed by atoms with E-state index < -0.39 is 0 Å². The third-order valence-corrected chi connectivity index (χ3v) is 5.28. The molecule has 0 saturated carbocycles. The fraction of sp³-hybridized carbons (Fsp3) is 0.150. The number of anilines is 2. The molecule has 2 aromatic carbocycles. The van der Waals surface area contributed by atoms with Gasteiger partial charge in [0.15, 0.2) is 0 Å². The number of hydrogen-bond donors (Lipinski definition) is 2. The molecule has 0 aliphatic rings.